The van der Waals surface area contributed by atoms with E-state index in [-0.39, 0.29) is 5.91 Å². The highest BCUT2D eigenvalue weighted by Gasteiger charge is 2.28. The predicted octanol–water partition coefficient (Wildman–Crippen LogP) is 8.27. The number of carbonyl (C=O) groups excluding carboxylic acids is 1. The molecule has 0 radical (unpaired) electrons. The van der Waals surface area contributed by atoms with Crippen LogP contribution in [-0.4, -0.2) is 29.0 Å². The van der Waals surface area contributed by atoms with Crippen LogP contribution in [0.4, 0.5) is 0 Å². The van der Waals surface area contributed by atoms with Gasteiger partial charge in [0.1, 0.15) is 0 Å². The molecule has 3 aromatic carbocycles. The van der Waals surface area contributed by atoms with Crippen LogP contribution in [0.15, 0.2) is 78.9 Å². The number of hydrogen-bond donors (Lipinski definition) is 0. The topological polar surface area (TPSA) is 23.6 Å². The largest absolute Gasteiger partial charge is 0.268 e. The highest BCUT2D eigenvalue weighted by Crippen LogP contribution is 2.25. The van der Waals surface area contributed by atoms with Crippen molar-refractivity contribution in [2.24, 2.45) is 5.92 Å². The van der Waals surface area contributed by atoms with E-state index in [1.807, 2.05) is 17.1 Å². The molecule has 3 heteroatoms. The molecule has 38 heavy (non-hydrogen) atoms. The van der Waals surface area contributed by atoms with Crippen LogP contribution in [0.25, 0.3) is 0 Å². The number of rotatable bonds is 13. The van der Waals surface area contributed by atoms with Crippen LogP contribution < -0.4 is 0 Å². The number of carbonyl (C=O) groups is 1. The normalized spacial score (nSPS) is 14.5. The molecule has 1 fully saturated rings. The first-order valence-corrected chi connectivity index (χ1v) is 14.9. The third-order valence-electron chi connectivity index (χ3n) is 7.98. The lowest BCUT2D eigenvalue weighted by Gasteiger charge is -2.40. The summed E-state index contributed by atoms with van der Waals surface area (Å²) in [5, 5.41) is 4.33. The van der Waals surface area contributed by atoms with Gasteiger partial charge in [0.2, 0.25) is 0 Å². The van der Waals surface area contributed by atoms with Crippen LogP contribution in [0.5, 0.6) is 0 Å². The van der Waals surface area contributed by atoms with E-state index >= 15 is 0 Å². The van der Waals surface area contributed by atoms with Gasteiger partial charge in [-0.3, -0.25) is 9.80 Å². The van der Waals surface area contributed by atoms with E-state index in [0.29, 0.717) is 12.5 Å². The van der Waals surface area contributed by atoms with Crippen LogP contribution in [0.2, 0.25) is 0 Å². The summed E-state index contributed by atoms with van der Waals surface area (Å²) in [6, 6.07) is 28.1. The third-order valence-corrected chi connectivity index (χ3v) is 7.98. The molecule has 4 rings (SSSR count). The lowest BCUT2D eigenvalue weighted by Crippen LogP contribution is -2.49. The van der Waals surface area contributed by atoms with Gasteiger partial charge in [0.25, 0.3) is 5.91 Å². The molecular weight excluding hydrogens is 464 g/mol. The predicted molar refractivity (Wildman–Crippen MR) is 159 cm³/mol. The number of nitrogens with zero attached hydrogens (tertiary/aromatic N) is 2. The minimum absolute atomic E-state index is 0.113. The molecule has 0 N–H and O–H groups in total. The molecule has 1 aliphatic rings. The maximum absolute atomic E-state index is 13.9. The van der Waals surface area contributed by atoms with Gasteiger partial charge >= 0.3 is 0 Å². The van der Waals surface area contributed by atoms with Crippen LogP contribution in [0.1, 0.15) is 91.4 Å². The maximum Gasteiger partial charge on any atom is 0.268 e. The van der Waals surface area contributed by atoms with Crippen molar-refractivity contribution in [2.45, 2.75) is 84.6 Å². The molecule has 0 aromatic heterocycles. The van der Waals surface area contributed by atoms with Crippen molar-refractivity contribution in [2.75, 3.05) is 13.1 Å². The zero-order chi connectivity index (χ0) is 26.6. The minimum Gasteiger partial charge on any atom is -0.268 e. The van der Waals surface area contributed by atoms with E-state index in [1.165, 1.54) is 54.4 Å². The molecule has 3 aromatic rings. The summed E-state index contributed by atoms with van der Waals surface area (Å²) in [4.78, 5) is 13.9. The summed E-state index contributed by atoms with van der Waals surface area (Å²) in [6.45, 7) is 6.94. The molecular formula is C35H46N2O. The summed E-state index contributed by atoms with van der Waals surface area (Å²) in [7, 11) is 0. The van der Waals surface area contributed by atoms with Gasteiger partial charge in [0.15, 0.2) is 0 Å². The van der Waals surface area contributed by atoms with E-state index in [2.05, 4.69) is 85.6 Å². The van der Waals surface area contributed by atoms with Crippen molar-refractivity contribution in [1.29, 1.82) is 0 Å². The molecule has 0 atom stereocenters. The van der Waals surface area contributed by atoms with Crippen molar-refractivity contribution >= 4 is 5.91 Å². The quantitative estimate of drug-likeness (QED) is 0.216. The van der Waals surface area contributed by atoms with E-state index in [9.17, 15) is 4.79 Å². The van der Waals surface area contributed by atoms with E-state index < -0.39 is 0 Å². The van der Waals surface area contributed by atoms with E-state index in [1.54, 1.807) is 0 Å². The zero-order valence-electron chi connectivity index (χ0n) is 23.6. The fraction of sp³-hybridized carbons (Fsp3) is 0.457. The summed E-state index contributed by atoms with van der Waals surface area (Å²) in [5.41, 5.74) is 6.11. The molecule has 1 aliphatic heterocycles. The number of piperidine rings is 1. The van der Waals surface area contributed by atoms with Gasteiger partial charge in [0.05, 0.1) is 6.54 Å². The fourth-order valence-corrected chi connectivity index (χ4v) is 5.52. The molecule has 1 heterocycles. The van der Waals surface area contributed by atoms with Crippen molar-refractivity contribution in [3.8, 4) is 0 Å². The fourth-order valence-electron chi connectivity index (χ4n) is 5.52. The highest BCUT2D eigenvalue weighted by atomic mass is 16.2. The van der Waals surface area contributed by atoms with Gasteiger partial charge in [-0.25, -0.2) is 5.01 Å². The molecule has 0 spiro atoms. The van der Waals surface area contributed by atoms with Crippen LogP contribution in [0, 0.1) is 5.92 Å². The van der Waals surface area contributed by atoms with Crippen molar-refractivity contribution < 1.29 is 4.79 Å². The van der Waals surface area contributed by atoms with Gasteiger partial charge in [0, 0.05) is 18.7 Å². The summed E-state index contributed by atoms with van der Waals surface area (Å²) < 4.78 is 0. The number of amides is 1. The van der Waals surface area contributed by atoms with Crippen molar-refractivity contribution in [1.82, 2.24) is 10.0 Å². The number of unbranched alkanes of at least 4 members (excludes halogenated alkanes) is 3. The minimum atomic E-state index is 0.113. The number of aryl methyl sites for hydroxylation is 2. The molecule has 202 valence electrons. The first-order chi connectivity index (χ1) is 18.7. The van der Waals surface area contributed by atoms with Gasteiger partial charge < -0.3 is 0 Å². The van der Waals surface area contributed by atoms with Crippen LogP contribution >= 0.6 is 0 Å². The average molecular weight is 511 g/mol. The Balaban J connectivity index is 1.45. The molecule has 1 amide bonds. The SMILES string of the molecule is CCCCCc1ccc(C(=O)N(Cc2ccc(CCCC)cc2)N2CCC(Cc3ccccc3)CC2)cc1. The number of hydrazine groups is 1. The monoisotopic (exact) mass is 510 g/mol. The Hall–Kier alpha value is -2.91. The van der Waals surface area contributed by atoms with E-state index in [0.717, 1.165) is 50.8 Å². The molecule has 0 aliphatic carbocycles. The Morgan fingerprint density at radius 2 is 1.29 bits per heavy atom. The van der Waals surface area contributed by atoms with Crippen LogP contribution in [0.3, 0.4) is 0 Å². The van der Waals surface area contributed by atoms with Gasteiger partial charge in [-0.1, -0.05) is 99.8 Å². The van der Waals surface area contributed by atoms with Crippen molar-refractivity contribution in [3.63, 3.8) is 0 Å². The van der Waals surface area contributed by atoms with Crippen molar-refractivity contribution in [3.05, 3.63) is 107 Å². The lowest BCUT2D eigenvalue weighted by molar-refractivity contribution is -0.0351. The summed E-state index contributed by atoms with van der Waals surface area (Å²) >= 11 is 0. The molecule has 3 nitrogen and oxygen atoms in total. The second-order valence-electron chi connectivity index (χ2n) is 11.0. The van der Waals surface area contributed by atoms with Gasteiger partial charge in [-0.15, -0.1) is 0 Å². The number of benzene rings is 3. The average Bonchev–Trinajstić information content (AvgIpc) is 2.97. The second-order valence-corrected chi connectivity index (χ2v) is 11.0. The molecule has 1 saturated heterocycles. The first-order valence-electron chi connectivity index (χ1n) is 14.9. The highest BCUT2D eigenvalue weighted by molar-refractivity contribution is 5.94. The van der Waals surface area contributed by atoms with Crippen LogP contribution in [-0.2, 0) is 25.8 Å². The zero-order valence-corrected chi connectivity index (χ0v) is 23.6. The third kappa shape index (κ3) is 8.30. The lowest BCUT2D eigenvalue weighted by atomic mass is 9.90. The Kier molecular flexibility index (Phi) is 11.0. The standard InChI is InChI=1S/C35H46N2O/c1-3-5-8-12-30-19-21-34(22-20-30)35(38)37(28-33-17-15-29(16-18-33)11-6-4-2)36-25-23-32(24-26-36)27-31-13-9-7-10-14-31/h7,9-10,13-22,32H,3-6,8,11-12,23-28H2,1-2H3. The summed E-state index contributed by atoms with van der Waals surface area (Å²) in [5.74, 6) is 0.785. The Bertz CT molecular complexity index is 1080. The summed E-state index contributed by atoms with van der Waals surface area (Å²) in [6.07, 6.45) is 11.7. The first kappa shape index (κ1) is 28.1. The number of hydrogen-bond acceptors (Lipinski definition) is 2. The Morgan fingerprint density at radius 1 is 0.711 bits per heavy atom. The molecule has 0 saturated carbocycles. The van der Waals surface area contributed by atoms with Gasteiger partial charge in [-0.05, 0) is 85.3 Å². The Labute approximate surface area is 230 Å². The maximum atomic E-state index is 13.9. The molecule has 0 bridgehead atoms. The smallest absolute Gasteiger partial charge is 0.268 e. The Morgan fingerprint density at radius 3 is 1.92 bits per heavy atom. The molecule has 0 unspecified atom stereocenters. The second kappa shape index (κ2) is 14.9. The van der Waals surface area contributed by atoms with E-state index in [4.69, 9.17) is 0 Å². The van der Waals surface area contributed by atoms with Gasteiger partial charge in [-0.2, -0.15) is 0 Å².